The molecule has 3 N–H and O–H groups in total. The molecule has 4 amide bonds. The highest BCUT2D eigenvalue weighted by Gasteiger charge is 2.25. The minimum Gasteiger partial charge on any atom is -0.449 e. The van der Waals surface area contributed by atoms with Crippen LogP contribution in [0.25, 0.3) is 0 Å². The van der Waals surface area contributed by atoms with Gasteiger partial charge in [0.25, 0.3) is 11.8 Å². The van der Waals surface area contributed by atoms with E-state index in [4.69, 9.17) is 10.5 Å². The number of imide groups is 1. The molecule has 2 aromatic carbocycles. The van der Waals surface area contributed by atoms with Crippen molar-refractivity contribution in [2.24, 2.45) is 5.73 Å². The molecule has 0 heterocycles. The van der Waals surface area contributed by atoms with Crippen LogP contribution in [0.1, 0.15) is 27.6 Å². The number of hydrogen-bond acceptors (Lipinski definition) is 5. The normalized spacial score (nSPS) is 11.2. The number of nitrogens with two attached hydrogens (primary N) is 1. The molecular formula is C19H19N3O5. The number of primary amides is 1. The molecule has 0 radical (unpaired) electrons. The largest absolute Gasteiger partial charge is 0.449 e. The third-order valence-electron chi connectivity index (χ3n) is 3.72. The molecule has 2 rings (SSSR count). The van der Waals surface area contributed by atoms with Crippen molar-refractivity contribution < 1.29 is 23.9 Å². The number of urea groups is 1. The molecule has 0 spiro atoms. The Morgan fingerprint density at radius 2 is 1.52 bits per heavy atom. The zero-order chi connectivity index (χ0) is 20.0. The summed E-state index contributed by atoms with van der Waals surface area (Å²) in [7, 11) is 1.59. The summed E-state index contributed by atoms with van der Waals surface area (Å²) in [5.41, 5.74) is 5.64. The summed E-state index contributed by atoms with van der Waals surface area (Å²) >= 11 is 0. The first-order valence-corrected chi connectivity index (χ1v) is 8.04. The molecule has 140 valence electrons. The second-order valence-corrected chi connectivity index (χ2v) is 5.65. The number of nitrogens with one attached hydrogen (secondary N) is 1. The maximum Gasteiger partial charge on any atom is 0.339 e. The van der Waals surface area contributed by atoms with E-state index in [0.29, 0.717) is 5.69 Å². The maximum absolute atomic E-state index is 12.8. The molecule has 0 bridgehead atoms. The minimum absolute atomic E-state index is 0.00371. The first kappa shape index (κ1) is 19.6. The lowest BCUT2D eigenvalue weighted by Crippen LogP contribution is -2.42. The van der Waals surface area contributed by atoms with Crippen LogP contribution in [0.2, 0.25) is 0 Å². The Bertz CT molecular complexity index is 867. The Hall–Kier alpha value is -3.68. The summed E-state index contributed by atoms with van der Waals surface area (Å²) in [5, 5.41) is 1.82. The molecule has 0 fully saturated rings. The molecule has 2 aromatic rings. The fraction of sp³-hybridized carbons (Fsp3) is 0.158. The quantitative estimate of drug-likeness (QED) is 0.778. The Kier molecular flexibility index (Phi) is 6.27. The van der Waals surface area contributed by atoms with Crippen molar-refractivity contribution in [3.05, 3.63) is 65.7 Å². The molecular weight excluding hydrogens is 350 g/mol. The molecule has 0 aliphatic rings. The summed E-state index contributed by atoms with van der Waals surface area (Å²) in [6.45, 7) is 1.29. The van der Waals surface area contributed by atoms with Crippen molar-refractivity contribution in [2.75, 3.05) is 11.9 Å². The van der Waals surface area contributed by atoms with Crippen molar-refractivity contribution in [3.8, 4) is 0 Å². The number of anilines is 1. The van der Waals surface area contributed by atoms with Crippen molar-refractivity contribution in [3.63, 3.8) is 0 Å². The lowest BCUT2D eigenvalue weighted by Gasteiger charge is -2.19. The van der Waals surface area contributed by atoms with E-state index >= 15 is 0 Å². The first-order valence-electron chi connectivity index (χ1n) is 8.04. The molecule has 0 aliphatic carbocycles. The fourth-order valence-corrected chi connectivity index (χ4v) is 2.30. The number of carbonyl (C=O) groups is 4. The number of carbonyl (C=O) groups excluding carboxylic acids is 4. The van der Waals surface area contributed by atoms with Crippen LogP contribution in [0.4, 0.5) is 10.5 Å². The second kappa shape index (κ2) is 8.61. The lowest BCUT2D eigenvalue weighted by atomic mass is 10.1. The van der Waals surface area contributed by atoms with E-state index in [-0.39, 0.29) is 11.1 Å². The van der Waals surface area contributed by atoms with Gasteiger partial charge in [0.2, 0.25) is 0 Å². The summed E-state index contributed by atoms with van der Waals surface area (Å²) in [5.74, 6) is -2.14. The highest BCUT2D eigenvalue weighted by Crippen LogP contribution is 2.18. The molecule has 27 heavy (non-hydrogen) atoms. The van der Waals surface area contributed by atoms with Gasteiger partial charge in [0.1, 0.15) is 0 Å². The van der Waals surface area contributed by atoms with E-state index in [1.807, 2.05) is 11.4 Å². The molecule has 8 nitrogen and oxygen atoms in total. The number of benzene rings is 2. The van der Waals surface area contributed by atoms with Crippen molar-refractivity contribution >= 4 is 29.5 Å². The molecule has 0 aromatic heterocycles. The molecule has 0 saturated heterocycles. The third-order valence-corrected chi connectivity index (χ3v) is 3.72. The Morgan fingerprint density at radius 1 is 0.963 bits per heavy atom. The fourth-order valence-electron chi connectivity index (χ4n) is 2.30. The van der Waals surface area contributed by atoms with E-state index < -0.39 is 29.9 Å². The van der Waals surface area contributed by atoms with Gasteiger partial charge in [-0.2, -0.15) is 0 Å². The summed E-state index contributed by atoms with van der Waals surface area (Å²) in [6.07, 6.45) is -1.26. The van der Waals surface area contributed by atoms with E-state index in [9.17, 15) is 19.2 Å². The number of nitrogens with zero attached hydrogens (tertiary/aromatic N) is 1. The van der Waals surface area contributed by atoms with Gasteiger partial charge < -0.3 is 15.4 Å². The predicted octanol–water partition coefficient (Wildman–Crippen LogP) is 1.70. The van der Waals surface area contributed by atoms with Crippen molar-refractivity contribution in [2.45, 2.75) is 13.0 Å². The zero-order valence-corrected chi connectivity index (χ0v) is 14.8. The van der Waals surface area contributed by atoms with Gasteiger partial charge in [-0.15, -0.1) is 0 Å². The average Bonchev–Trinajstić information content (AvgIpc) is 2.66. The van der Waals surface area contributed by atoms with Crippen LogP contribution >= 0.6 is 0 Å². The van der Waals surface area contributed by atoms with Gasteiger partial charge in [-0.25, -0.2) is 9.59 Å². The highest BCUT2D eigenvalue weighted by atomic mass is 16.5. The van der Waals surface area contributed by atoms with Crippen LogP contribution in [-0.2, 0) is 9.53 Å². The topological polar surface area (TPSA) is 119 Å². The average molecular weight is 369 g/mol. The smallest absolute Gasteiger partial charge is 0.339 e. The van der Waals surface area contributed by atoms with Crippen LogP contribution in [-0.4, -0.2) is 37.0 Å². The van der Waals surface area contributed by atoms with Gasteiger partial charge in [-0.1, -0.05) is 30.3 Å². The van der Waals surface area contributed by atoms with E-state index in [2.05, 4.69) is 0 Å². The summed E-state index contributed by atoms with van der Waals surface area (Å²) in [6, 6.07) is 14.0. The molecule has 1 atom stereocenters. The van der Waals surface area contributed by atoms with Crippen LogP contribution < -0.4 is 16.0 Å². The molecule has 1 unspecified atom stereocenters. The second-order valence-electron chi connectivity index (χ2n) is 5.65. The summed E-state index contributed by atoms with van der Waals surface area (Å²) < 4.78 is 5.05. The maximum atomic E-state index is 12.8. The standard InChI is InChI=1S/C19H19N3O5/c1-12(16(23)21-19(20)26)27-18(25)15-11-7-6-10-14(15)17(24)22(2)13-8-4-3-5-9-13/h3-12H,1-2H3,(H3,20,21,23,26). The molecule has 0 aliphatic heterocycles. The molecule has 8 heteroatoms. The van der Waals surface area contributed by atoms with Crippen LogP contribution in [0.5, 0.6) is 0 Å². The van der Waals surface area contributed by atoms with Gasteiger partial charge >= 0.3 is 12.0 Å². The lowest BCUT2D eigenvalue weighted by molar-refractivity contribution is -0.127. The van der Waals surface area contributed by atoms with E-state index in [0.717, 1.165) is 0 Å². The number of hydrogen-bond donors (Lipinski definition) is 2. The van der Waals surface area contributed by atoms with Crippen molar-refractivity contribution in [1.29, 1.82) is 0 Å². The van der Waals surface area contributed by atoms with Gasteiger partial charge in [-0.3, -0.25) is 14.9 Å². The number of ether oxygens (including phenoxy) is 1. The Morgan fingerprint density at radius 3 is 2.11 bits per heavy atom. The van der Waals surface area contributed by atoms with E-state index in [1.54, 1.807) is 43.4 Å². The summed E-state index contributed by atoms with van der Waals surface area (Å²) in [4.78, 5) is 49.0. The predicted molar refractivity (Wildman–Crippen MR) is 98.2 cm³/mol. The van der Waals surface area contributed by atoms with Crippen LogP contribution in [0.15, 0.2) is 54.6 Å². The Labute approximate surface area is 155 Å². The monoisotopic (exact) mass is 369 g/mol. The van der Waals surface area contributed by atoms with Gasteiger partial charge in [0.05, 0.1) is 11.1 Å². The third kappa shape index (κ3) is 4.91. The minimum atomic E-state index is -1.26. The molecule has 0 saturated carbocycles. The first-order chi connectivity index (χ1) is 12.8. The number of para-hydroxylation sites is 1. The van der Waals surface area contributed by atoms with Gasteiger partial charge in [-0.05, 0) is 31.2 Å². The number of amides is 4. The van der Waals surface area contributed by atoms with Crippen molar-refractivity contribution in [1.82, 2.24) is 5.32 Å². The van der Waals surface area contributed by atoms with Crippen LogP contribution in [0.3, 0.4) is 0 Å². The van der Waals surface area contributed by atoms with Crippen LogP contribution in [0, 0.1) is 0 Å². The SMILES string of the molecule is CC(OC(=O)c1ccccc1C(=O)N(C)c1ccccc1)C(=O)NC(N)=O. The highest BCUT2D eigenvalue weighted by molar-refractivity contribution is 6.12. The van der Waals surface area contributed by atoms with Gasteiger partial charge in [0.15, 0.2) is 6.10 Å². The number of esters is 1. The zero-order valence-electron chi connectivity index (χ0n) is 14.8. The Balaban J connectivity index is 2.22. The number of rotatable bonds is 5. The van der Waals surface area contributed by atoms with E-state index in [1.165, 1.54) is 24.0 Å². The van der Waals surface area contributed by atoms with Gasteiger partial charge in [0, 0.05) is 12.7 Å².